The third-order valence-electron chi connectivity index (χ3n) is 16.4. The average Bonchev–Trinajstić information content (AvgIpc) is 1.53. The van der Waals surface area contributed by atoms with Gasteiger partial charge >= 0.3 is 0 Å². The van der Waals surface area contributed by atoms with E-state index in [4.69, 9.17) is 0 Å². The van der Waals surface area contributed by atoms with Gasteiger partial charge in [-0.15, -0.1) is 79.4 Å². The molecule has 0 spiro atoms. The van der Waals surface area contributed by atoms with E-state index in [-0.39, 0.29) is 0 Å². The molecule has 3 aliphatic rings. The van der Waals surface area contributed by atoms with Crippen molar-refractivity contribution in [2.24, 2.45) is 0 Å². The molecule has 14 rings (SSSR count). The summed E-state index contributed by atoms with van der Waals surface area (Å²) in [6.07, 6.45) is 21.0. The minimum Gasteiger partial charge on any atom is -0.283 e. The Bertz CT molecular complexity index is 3540. The first-order valence-corrected chi connectivity index (χ1v) is 44.8. The predicted octanol–water partition coefficient (Wildman–Crippen LogP) is 27.2. The Morgan fingerprint density at radius 3 is 1.22 bits per heavy atom. The first kappa shape index (κ1) is 92.6. The highest BCUT2D eigenvalue weighted by Crippen LogP contribution is 2.44. The maximum Gasteiger partial charge on any atom is 0.0953 e. The number of rotatable bonds is 17. The van der Waals surface area contributed by atoms with Crippen molar-refractivity contribution < 1.29 is 0 Å². The van der Waals surface area contributed by atoms with E-state index >= 15 is 0 Å². The van der Waals surface area contributed by atoms with Crippen LogP contribution in [0.4, 0.5) is 0 Å². The Balaban J connectivity index is 0.000000247. The zero-order chi connectivity index (χ0) is 78.7. The van der Waals surface area contributed by atoms with Crippen LogP contribution < -0.4 is 0 Å². The minimum absolute atomic E-state index is 0.537. The standard InChI is InChI=1S/C9H14N2.2C9H13NS.C8H14N2.2C8H13NS.C7H12N2.2C7H11NS.C6H10N2.C6H9NS/c1-6(2)8-5-9(11-10-8)7-3-4-7;1-6(2)9-10-8(5-11-9)7-3-4-7;1-6(2)9-10-5-8(11-9)7-3-4-7;1-4-7-5-8(6(2)3)10-9-7;1-4-7-5-10-8(9-7)6(2)3;1-4-7-5-9-8(10-7)6(2)3;1-5(2)7-4-6(3)8-9-7;1-5(2)7-8-6(3)4-9-7;1-5(2)7-8-4-6(3)9-7;1-5(2)6-3-4-7-8-6;1-5(2)6-7-3-4-8-6/h5-7H,3-4H2,1-2H3,(H,10,11);2*5-7H,3-4H2,1-2H3;5-6H,4H2,1-3H3,(H,9,10);2*5-6H,4H2,1-3H3;4-5H,1-3H3,(H,8,9);2*4-5H,1-3H3;3-5H,1-2H3,(H,7,8);3-5H,1-2H3. The van der Waals surface area contributed by atoms with E-state index in [2.05, 4.69) is 296 Å². The summed E-state index contributed by atoms with van der Waals surface area (Å²) in [5.41, 5.74) is 12.1. The Hall–Kier alpha value is -5.75. The van der Waals surface area contributed by atoms with Crippen molar-refractivity contribution in [3.63, 3.8) is 0 Å². The molecule has 3 fully saturated rings. The first-order chi connectivity index (χ1) is 50.2. The molecular formula is C84H133N15S7. The molecule has 0 unspecified atom stereocenters. The molecule has 11 aromatic heterocycles. The number of aromatic nitrogens is 15. The van der Waals surface area contributed by atoms with Gasteiger partial charge in [0, 0.05) is 149 Å². The lowest BCUT2D eigenvalue weighted by Gasteiger charge is -1.95. The van der Waals surface area contributed by atoms with Crippen LogP contribution in [-0.4, -0.2) is 75.7 Å². The van der Waals surface area contributed by atoms with Gasteiger partial charge in [0.25, 0.3) is 0 Å². The smallest absolute Gasteiger partial charge is 0.0953 e. The molecule has 11 aromatic rings. The van der Waals surface area contributed by atoms with Crippen LogP contribution in [0.5, 0.6) is 0 Å². The molecule has 586 valence electrons. The Labute approximate surface area is 667 Å². The lowest BCUT2D eigenvalue weighted by molar-refractivity contribution is 0.808. The Morgan fingerprint density at radius 2 is 0.896 bits per heavy atom. The molecule has 4 N–H and O–H groups in total. The van der Waals surface area contributed by atoms with Gasteiger partial charge in [-0.25, -0.2) is 34.9 Å². The van der Waals surface area contributed by atoms with Crippen LogP contribution in [-0.2, 0) is 19.3 Å². The average molecular weight is 1580 g/mol. The topological polar surface area (TPSA) is 205 Å². The highest BCUT2D eigenvalue weighted by atomic mass is 32.1. The Kier molecular flexibility index (Phi) is 42.6. The van der Waals surface area contributed by atoms with Crippen molar-refractivity contribution in [3.05, 3.63) is 183 Å². The largest absolute Gasteiger partial charge is 0.283 e. The van der Waals surface area contributed by atoms with Crippen molar-refractivity contribution >= 4 is 79.4 Å². The predicted molar refractivity (Wildman–Crippen MR) is 462 cm³/mol. The van der Waals surface area contributed by atoms with Gasteiger partial charge in [0.05, 0.1) is 63.5 Å². The second kappa shape index (κ2) is 48.7. The summed E-state index contributed by atoms with van der Waals surface area (Å²) in [5, 5.41) is 45.5. The van der Waals surface area contributed by atoms with Gasteiger partial charge in [-0.05, 0) is 132 Å². The molecule has 11 heterocycles. The number of aromatic amines is 4. The molecule has 0 atom stereocenters. The van der Waals surface area contributed by atoms with E-state index in [0.717, 1.165) is 59.8 Å². The quantitative estimate of drug-likeness (QED) is 0.0675. The molecule has 0 bridgehead atoms. The third-order valence-corrected chi connectivity index (χ3v) is 25.2. The van der Waals surface area contributed by atoms with Crippen LogP contribution in [0.2, 0.25) is 0 Å². The van der Waals surface area contributed by atoms with Gasteiger partial charge in [0.2, 0.25) is 0 Å². The molecule has 0 aromatic carbocycles. The highest BCUT2D eigenvalue weighted by molar-refractivity contribution is 7.12. The molecule has 3 aliphatic carbocycles. The monoisotopic (exact) mass is 1580 g/mol. The number of hydrogen-bond acceptors (Lipinski definition) is 18. The van der Waals surface area contributed by atoms with Crippen molar-refractivity contribution in [1.29, 1.82) is 0 Å². The molecule has 0 amide bonds. The molecule has 22 heteroatoms. The van der Waals surface area contributed by atoms with Crippen molar-refractivity contribution in [2.45, 2.75) is 335 Å². The SMILES string of the molecule is CC(C)c1cc(C2CC2)[nH]n1.CC(C)c1ccn[nH]1.CC(C)c1nc(C2CC2)cs1.CC(C)c1ncc(C2CC2)s1.CC(C)c1nccs1.CCc1cc(C(C)C)n[nH]1.CCc1cnc(C(C)C)s1.CCc1csc(C(C)C)n1.Cc1cc(C(C)C)n[nH]1.Cc1cnc(C(C)C)s1.Cc1csc(C(C)C)n1. The van der Waals surface area contributed by atoms with Gasteiger partial charge in [-0.2, -0.15) is 20.4 Å². The van der Waals surface area contributed by atoms with E-state index in [1.807, 2.05) is 77.9 Å². The fourth-order valence-corrected chi connectivity index (χ4v) is 15.0. The molecule has 106 heavy (non-hydrogen) atoms. The highest BCUT2D eigenvalue weighted by Gasteiger charge is 2.28. The van der Waals surface area contributed by atoms with E-state index in [9.17, 15) is 0 Å². The summed E-state index contributed by atoms with van der Waals surface area (Å²) in [5.74, 6) is 8.84. The summed E-state index contributed by atoms with van der Waals surface area (Å²) in [6, 6.07) is 8.41. The summed E-state index contributed by atoms with van der Waals surface area (Å²) in [4.78, 5) is 34.6. The van der Waals surface area contributed by atoms with Gasteiger partial charge in [0.1, 0.15) is 0 Å². The van der Waals surface area contributed by atoms with Crippen molar-refractivity contribution in [1.82, 2.24) is 75.7 Å². The molecular weight excluding hydrogens is 1440 g/mol. The fourth-order valence-electron chi connectivity index (χ4n) is 8.99. The third kappa shape index (κ3) is 36.2. The molecule has 0 radical (unpaired) electrons. The zero-order valence-corrected chi connectivity index (χ0v) is 75.4. The summed E-state index contributed by atoms with van der Waals surface area (Å²) in [6.45, 7) is 60.2. The summed E-state index contributed by atoms with van der Waals surface area (Å²) < 4.78 is 0. The normalized spacial score (nSPS) is 12.9. The van der Waals surface area contributed by atoms with Crippen LogP contribution >= 0.6 is 79.4 Å². The maximum absolute atomic E-state index is 4.59. The number of H-pyrrole nitrogens is 4. The second-order valence-corrected chi connectivity index (χ2v) is 37.8. The van der Waals surface area contributed by atoms with Crippen LogP contribution in [0, 0.1) is 20.8 Å². The number of aryl methyl sites for hydroxylation is 6. The lowest BCUT2D eigenvalue weighted by Crippen LogP contribution is -1.86. The lowest BCUT2D eigenvalue weighted by atomic mass is 10.1. The fraction of sp³-hybridized carbons (Fsp3) is 0.607. The Morgan fingerprint density at radius 1 is 0.396 bits per heavy atom. The van der Waals surface area contributed by atoms with Crippen LogP contribution in [0.3, 0.4) is 0 Å². The number of nitrogens with one attached hydrogen (secondary N) is 4. The minimum atomic E-state index is 0.537. The van der Waals surface area contributed by atoms with Gasteiger partial charge < -0.3 is 0 Å². The van der Waals surface area contributed by atoms with E-state index in [0.29, 0.717) is 65.1 Å². The number of nitrogens with zero attached hydrogens (tertiary/aromatic N) is 11. The molecule has 0 saturated heterocycles. The maximum atomic E-state index is 4.59. The van der Waals surface area contributed by atoms with Crippen LogP contribution in [0.15, 0.2) is 76.8 Å². The second-order valence-electron chi connectivity index (χ2n) is 30.7. The summed E-state index contributed by atoms with van der Waals surface area (Å²) >= 11 is 12.6. The number of hydrogen-bond donors (Lipinski definition) is 4. The van der Waals surface area contributed by atoms with E-state index in [1.165, 1.54) is 122 Å². The van der Waals surface area contributed by atoms with Crippen LogP contribution in [0.25, 0.3) is 0 Å². The molecule has 0 aliphatic heterocycles. The summed E-state index contributed by atoms with van der Waals surface area (Å²) in [7, 11) is 0. The zero-order valence-electron chi connectivity index (χ0n) is 69.7. The van der Waals surface area contributed by atoms with Crippen LogP contribution in [0.1, 0.15) is 401 Å². The molecule has 15 nitrogen and oxygen atoms in total. The van der Waals surface area contributed by atoms with Crippen molar-refractivity contribution in [2.75, 3.05) is 0 Å². The number of thiazole rings is 7. The van der Waals surface area contributed by atoms with Gasteiger partial charge in [0.15, 0.2) is 0 Å². The van der Waals surface area contributed by atoms with Gasteiger partial charge in [-0.3, -0.25) is 20.4 Å². The van der Waals surface area contributed by atoms with Crippen molar-refractivity contribution in [3.8, 4) is 0 Å². The first-order valence-electron chi connectivity index (χ1n) is 38.9. The van der Waals surface area contributed by atoms with E-state index in [1.54, 1.807) is 51.5 Å². The molecule has 3 saturated carbocycles. The van der Waals surface area contributed by atoms with E-state index < -0.39 is 0 Å². The van der Waals surface area contributed by atoms with Gasteiger partial charge in [-0.1, -0.05) is 173 Å².